The first-order valence-electron chi connectivity index (χ1n) is 3.41. The lowest BCUT2D eigenvalue weighted by Crippen LogP contribution is -1.98. The zero-order valence-corrected chi connectivity index (χ0v) is 9.91. The van der Waals surface area contributed by atoms with E-state index in [1.165, 1.54) is 0 Å². The van der Waals surface area contributed by atoms with Crippen LogP contribution in [0.15, 0.2) is 16.6 Å². The van der Waals surface area contributed by atoms with Gasteiger partial charge in [0, 0.05) is 17.6 Å². The maximum Gasteiger partial charge on any atom is 0.188 e. The van der Waals surface area contributed by atoms with Crippen LogP contribution in [-0.4, -0.2) is 13.9 Å². The molecule has 0 spiro atoms. The van der Waals surface area contributed by atoms with Crippen molar-refractivity contribution in [2.24, 2.45) is 0 Å². The van der Waals surface area contributed by atoms with Gasteiger partial charge in [0.1, 0.15) is 5.75 Å². The van der Waals surface area contributed by atoms with Gasteiger partial charge in [-0.1, -0.05) is 23.2 Å². The molecule has 0 amide bonds. The minimum Gasteiger partial charge on any atom is -0.467 e. The molecule has 0 aliphatic carbocycles. The number of benzene rings is 1. The van der Waals surface area contributed by atoms with Crippen LogP contribution >= 0.6 is 39.1 Å². The van der Waals surface area contributed by atoms with Crippen LogP contribution in [0.1, 0.15) is 0 Å². The summed E-state index contributed by atoms with van der Waals surface area (Å²) in [5.74, 6) is 0.614. The molecule has 13 heavy (non-hydrogen) atoms. The summed E-state index contributed by atoms with van der Waals surface area (Å²) in [4.78, 5) is 0. The van der Waals surface area contributed by atoms with E-state index in [0.717, 1.165) is 0 Å². The fraction of sp³-hybridized carbons (Fsp3) is 0.250. The molecule has 0 fully saturated rings. The Morgan fingerprint density at radius 1 is 1.38 bits per heavy atom. The Bertz CT molecular complexity index is 281. The van der Waals surface area contributed by atoms with Crippen LogP contribution in [0.2, 0.25) is 10.0 Å². The van der Waals surface area contributed by atoms with Gasteiger partial charge < -0.3 is 9.47 Å². The van der Waals surface area contributed by atoms with Crippen LogP contribution in [0.4, 0.5) is 0 Å². The van der Waals surface area contributed by atoms with E-state index in [2.05, 4.69) is 15.9 Å². The van der Waals surface area contributed by atoms with Crippen molar-refractivity contribution < 1.29 is 9.47 Å². The molecule has 0 aliphatic heterocycles. The number of halogens is 3. The van der Waals surface area contributed by atoms with Crippen molar-refractivity contribution in [2.45, 2.75) is 0 Å². The van der Waals surface area contributed by atoms with Crippen molar-refractivity contribution in [3.63, 3.8) is 0 Å². The Morgan fingerprint density at radius 3 is 2.62 bits per heavy atom. The van der Waals surface area contributed by atoms with Crippen LogP contribution < -0.4 is 4.74 Å². The van der Waals surface area contributed by atoms with E-state index in [4.69, 9.17) is 32.7 Å². The van der Waals surface area contributed by atoms with Gasteiger partial charge in [0.2, 0.25) is 0 Å². The molecule has 72 valence electrons. The Labute approximate surface area is 94.9 Å². The number of ether oxygens (including phenoxy) is 2. The quantitative estimate of drug-likeness (QED) is 0.622. The highest BCUT2D eigenvalue weighted by molar-refractivity contribution is 9.10. The minimum absolute atomic E-state index is 0.185. The zero-order valence-electron chi connectivity index (χ0n) is 6.81. The molecule has 0 aromatic heterocycles. The van der Waals surface area contributed by atoms with E-state index in [1.54, 1.807) is 19.2 Å². The second-order valence-electron chi connectivity index (χ2n) is 2.25. The number of methoxy groups -OCH3 is 1. The fourth-order valence-corrected chi connectivity index (χ4v) is 1.61. The number of hydrogen-bond donors (Lipinski definition) is 0. The molecule has 5 heteroatoms. The Balaban J connectivity index is 2.86. The zero-order chi connectivity index (χ0) is 9.84. The van der Waals surface area contributed by atoms with E-state index in [-0.39, 0.29) is 6.79 Å². The smallest absolute Gasteiger partial charge is 0.188 e. The van der Waals surface area contributed by atoms with Crippen molar-refractivity contribution in [2.75, 3.05) is 13.9 Å². The molecule has 2 nitrogen and oxygen atoms in total. The second kappa shape index (κ2) is 5.05. The third kappa shape index (κ3) is 3.02. The highest BCUT2D eigenvalue weighted by Crippen LogP contribution is 2.34. The van der Waals surface area contributed by atoms with Gasteiger partial charge in [-0.3, -0.25) is 0 Å². The largest absolute Gasteiger partial charge is 0.467 e. The van der Waals surface area contributed by atoms with E-state index < -0.39 is 0 Å². The summed E-state index contributed by atoms with van der Waals surface area (Å²) in [6, 6.07) is 3.36. The van der Waals surface area contributed by atoms with Gasteiger partial charge in [0.25, 0.3) is 0 Å². The van der Waals surface area contributed by atoms with Crippen LogP contribution in [0.25, 0.3) is 0 Å². The van der Waals surface area contributed by atoms with Gasteiger partial charge in [-0.25, -0.2) is 0 Å². The van der Waals surface area contributed by atoms with Crippen LogP contribution in [0.5, 0.6) is 5.75 Å². The Kier molecular flexibility index (Phi) is 4.32. The molecular weight excluding hydrogens is 279 g/mol. The first-order valence-corrected chi connectivity index (χ1v) is 4.96. The fourth-order valence-electron chi connectivity index (χ4n) is 0.743. The van der Waals surface area contributed by atoms with Crippen LogP contribution in [0, 0.1) is 0 Å². The van der Waals surface area contributed by atoms with Crippen LogP contribution in [-0.2, 0) is 4.74 Å². The predicted molar refractivity (Wildman–Crippen MR) is 56.7 cm³/mol. The Hall–Kier alpha value is 0.0400. The van der Waals surface area contributed by atoms with E-state index in [1.807, 2.05) is 0 Å². The van der Waals surface area contributed by atoms with Gasteiger partial charge in [0.05, 0.1) is 10.0 Å². The van der Waals surface area contributed by atoms with Gasteiger partial charge in [-0.05, 0) is 22.0 Å². The molecule has 0 atom stereocenters. The molecule has 0 bridgehead atoms. The monoisotopic (exact) mass is 284 g/mol. The third-order valence-corrected chi connectivity index (χ3v) is 2.96. The molecular formula is C8H7BrCl2O2. The summed E-state index contributed by atoms with van der Waals surface area (Å²) in [5, 5.41) is 0.925. The van der Waals surface area contributed by atoms with Gasteiger partial charge in [-0.15, -0.1) is 0 Å². The van der Waals surface area contributed by atoms with Crippen LogP contribution in [0.3, 0.4) is 0 Å². The van der Waals surface area contributed by atoms with E-state index in [9.17, 15) is 0 Å². The molecule has 1 aromatic carbocycles. The summed E-state index contributed by atoms with van der Waals surface area (Å²) in [6.45, 7) is 0.185. The summed E-state index contributed by atoms with van der Waals surface area (Å²) >= 11 is 14.9. The van der Waals surface area contributed by atoms with Crippen molar-refractivity contribution >= 4 is 39.1 Å². The van der Waals surface area contributed by atoms with Crippen molar-refractivity contribution in [1.82, 2.24) is 0 Å². The highest BCUT2D eigenvalue weighted by Gasteiger charge is 2.05. The van der Waals surface area contributed by atoms with Gasteiger partial charge in [0.15, 0.2) is 6.79 Å². The van der Waals surface area contributed by atoms with Crippen molar-refractivity contribution in [3.8, 4) is 5.75 Å². The summed E-state index contributed by atoms with van der Waals surface area (Å²) in [6.07, 6.45) is 0. The molecule has 0 saturated carbocycles. The van der Waals surface area contributed by atoms with E-state index in [0.29, 0.717) is 20.3 Å². The molecule has 0 unspecified atom stereocenters. The second-order valence-corrected chi connectivity index (χ2v) is 3.89. The normalized spacial score (nSPS) is 10.2. The molecule has 1 aromatic rings. The summed E-state index contributed by atoms with van der Waals surface area (Å²) in [7, 11) is 1.55. The van der Waals surface area contributed by atoms with E-state index >= 15 is 0 Å². The standard InChI is InChI=1S/C8H7BrCl2O2/c1-12-4-13-5-2-6(9)8(11)7(10)3-5/h2-3H,4H2,1H3. The third-order valence-electron chi connectivity index (χ3n) is 1.30. The lowest BCUT2D eigenvalue weighted by molar-refractivity contribution is 0.0511. The maximum absolute atomic E-state index is 5.82. The maximum atomic E-state index is 5.82. The Morgan fingerprint density at radius 2 is 2.08 bits per heavy atom. The molecule has 0 radical (unpaired) electrons. The molecule has 1 rings (SSSR count). The molecule has 0 heterocycles. The highest BCUT2D eigenvalue weighted by atomic mass is 79.9. The summed E-state index contributed by atoms with van der Waals surface area (Å²) in [5.41, 5.74) is 0. The SMILES string of the molecule is COCOc1cc(Cl)c(Cl)c(Br)c1. The summed E-state index contributed by atoms with van der Waals surface area (Å²) < 4.78 is 10.6. The number of rotatable bonds is 3. The average molecular weight is 286 g/mol. The minimum atomic E-state index is 0.185. The van der Waals surface area contributed by atoms with Gasteiger partial charge in [-0.2, -0.15) is 0 Å². The molecule has 0 saturated heterocycles. The topological polar surface area (TPSA) is 18.5 Å². The van der Waals surface area contributed by atoms with Crippen molar-refractivity contribution in [3.05, 3.63) is 26.7 Å². The van der Waals surface area contributed by atoms with Crippen molar-refractivity contribution in [1.29, 1.82) is 0 Å². The molecule has 0 aliphatic rings. The molecule has 0 N–H and O–H groups in total. The predicted octanol–water partition coefficient (Wildman–Crippen LogP) is 3.74. The van der Waals surface area contributed by atoms with Gasteiger partial charge >= 0.3 is 0 Å². The number of hydrogen-bond acceptors (Lipinski definition) is 2. The first-order chi connectivity index (χ1) is 6.15. The average Bonchev–Trinajstić information content (AvgIpc) is 2.10. The first kappa shape index (κ1) is 11.1. The lowest BCUT2D eigenvalue weighted by Gasteiger charge is -2.06. The lowest BCUT2D eigenvalue weighted by atomic mass is 10.3.